The second-order valence-electron chi connectivity index (χ2n) is 17.8. The molecule has 0 bridgehead atoms. The molecule has 1 N–H and O–H groups in total. The third-order valence-electron chi connectivity index (χ3n) is 14.3. The maximum Gasteiger partial charge on any atom is 0.0713 e. The van der Waals surface area contributed by atoms with Crippen molar-refractivity contribution in [2.75, 3.05) is 11.1 Å². The zero-order chi connectivity index (χ0) is 46.1. The molecule has 0 radical (unpaired) electrons. The molecule has 0 saturated carbocycles. The maximum absolute atomic E-state index is 4.82. The highest BCUT2D eigenvalue weighted by atomic mass is 32.2. The minimum Gasteiger partial charge on any atom is -0.356 e. The first kappa shape index (κ1) is 43.0. The monoisotopic (exact) mass is 891 g/mol. The predicted molar refractivity (Wildman–Crippen MR) is 290 cm³/mol. The molecule has 0 fully saturated rings. The van der Waals surface area contributed by atoms with Gasteiger partial charge in [-0.3, -0.25) is 0 Å². The van der Waals surface area contributed by atoms with Gasteiger partial charge in [-0.15, -0.1) is 11.8 Å². The number of anilines is 2. The molecule has 2 heteroatoms. The van der Waals surface area contributed by atoms with Crippen molar-refractivity contribution < 1.29 is 0 Å². The minimum absolute atomic E-state index is 0.254. The first-order valence-electron chi connectivity index (χ1n) is 23.8. The van der Waals surface area contributed by atoms with Crippen LogP contribution in [0.15, 0.2) is 260 Å². The Kier molecular flexibility index (Phi) is 11.5. The van der Waals surface area contributed by atoms with Gasteiger partial charge in [-0.1, -0.05) is 226 Å². The Morgan fingerprint density at radius 3 is 1.57 bits per heavy atom. The summed E-state index contributed by atoms with van der Waals surface area (Å²) < 4.78 is 0. The Labute approximate surface area is 406 Å². The lowest BCUT2D eigenvalue weighted by Gasteiger charge is -2.38. The van der Waals surface area contributed by atoms with Gasteiger partial charge in [0.05, 0.1) is 10.8 Å². The van der Waals surface area contributed by atoms with E-state index in [1.807, 2.05) is 17.8 Å². The summed E-state index contributed by atoms with van der Waals surface area (Å²) in [6, 6.07) is 83.4. The van der Waals surface area contributed by atoms with E-state index < -0.39 is 0 Å². The van der Waals surface area contributed by atoms with Gasteiger partial charge in [0.1, 0.15) is 0 Å². The Balaban J connectivity index is 0.000000171. The average molecular weight is 892 g/mol. The molecule has 1 unspecified atom stereocenters. The highest BCUT2D eigenvalue weighted by molar-refractivity contribution is 7.99. The number of nitrogens with one attached hydrogen (secondary N) is 1. The fourth-order valence-electron chi connectivity index (χ4n) is 11.4. The molecule has 1 nitrogen and oxygen atoms in total. The van der Waals surface area contributed by atoms with Crippen LogP contribution in [0.5, 0.6) is 0 Å². The van der Waals surface area contributed by atoms with Crippen LogP contribution < -0.4 is 5.32 Å². The zero-order valence-corrected chi connectivity index (χ0v) is 39.4. The van der Waals surface area contributed by atoms with Crippen LogP contribution in [0.25, 0.3) is 33.4 Å². The summed E-state index contributed by atoms with van der Waals surface area (Å²) in [4.78, 5) is 1.29. The second-order valence-corrected chi connectivity index (χ2v) is 18.8. The first-order valence-corrected chi connectivity index (χ1v) is 24.8. The Hall–Kier alpha value is -7.65. The van der Waals surface area contributed by atoms with E-state index in [0.717, 1.165) is 29.1 Å². The standard InChI is InChI=1S/C41H35NS.C25H18/c1-4-14-36-32(5-2)35-18-9-11-20-37(35)41(36)27-43-39-22-12-10-17-33(39)28(3)40-34(19-13-21-38(40)41)29-23-25-31(26-24-29)42-30-15-7-6-8-16-30;1-3-11-19(12-4-1)25(20-13-5-2-6-14-20)23-17-9-7-15-21(23)22-16-8-10-18-24(22)25/h4,6-26,42H,3,5,27H2,1-2H3;1-18H/b14-4-;. The molecular formula is C66H53NS. The van der Waals surface area contributed by atoms with Crippen LogP contribution in [-0.4, -0.2) is 5.75 Å². The number of hydrogen-bond donors (Lipinski definition) is 1. The van der Waals surface area contributed by atoms with Crippen LogP contribution in [0.1, 0.15) is 70.3 Å². The molecule has 1 aliphatic heterocycles. The molecule has 9 aromatic carbocycles. The number of rotatable bonds is 7. The highest BCUT2D eigenvalue weighted by Gasteiger charge is 2.48. The lowest BCUT2D eigenvalue weighted by molar-refractivity contribution is 0.716. The number of allylic oxidation sites excluding steroid dienone is 4. The van der Waals surface area contributed by atoms with Crippen molar-refractivity contribution in [3.05, 3.63) is 305 Å². The summed E-state index contributed by atoms with van der Waals surface area (Å²) >= 11 is 1.96. The lowest BCUT2D eigenvalue weighted by atomic mass is 9.68. The predicted octanol–water partition coefficient (Wildman–Crippen LogP) is 17.4. The van der Waals surface area contributed by atoms with Gasteiger partial charge in [-0.2, -0.15) is 0 Å². The molecule has 1 atom stereocenters. The SMILES string of the molecule is C=C1c2ccccc2SCC2(C(/C=C\C)=C(CC)c3ccccc32)c2cccc(-c3ccc(Nc4ccccc4)cc3)c21.c1ccc(C2(c3ccccc3)c3ccccc3-c3ccccc32)cc1. The Morgan fingerprint density at radius 1 is 0.485 bits per heavy atom. The molecule has 12 rings (SSSR count). The quantitative estimate of drug-likeness (QED) is 0.171. The van der Waals surface area contributed by atoms with E-state index in [4.69, 9.17) is 6.58 Å². The van der Waals surface area contributed by atoms with E-state index in [1.54, 1.807) is 0 Å². The molecule has 0 saturated heterocycles. The number of hydrogen-bond acceptors (Lipinski definition) is 2. The van der Waals surface area contributed by atoms with Crippen LogP contribution in [0, 0.1) is 0 Å². The fraction of sp³-hybridized carbons (Fsp3) is 0.0909. The van der Waals surface area contributed by atoms with Crippen LogP contribution in [-0.2, 0) is 10.8 Å². The van der Waals surface area contributed by atoms with Gasteiger partial charge in [0.15, 0.2) is 0 Å². The van der Waals surface area contributed by atoms with Gasteiger partial charge in [0, 0.05) is 22.0 Å². The van der Waals surface area contributed by atoms with E-state index in [1.165, 1.54) is 88.4 Å². The van der Waals surface area contributed by atoms with Gasteiger partial charge < -0.3 is 5.32 Å². The third kappa shape index (κ3) is 7.02. The van der Waals surface area contributed by atoms with Crippen molar-refractivity contribution in [2.24, 2.45) is 0 Å². The molecule has 328 valence electrons. The molecule has 0 aromatic heterocycles. The summed E-state index contributed by atoms with van der Waals surface area (Å²) in [6.07, 6.45) is 5.58. The number of thioether (sulfide) groups is 1. The highest BCUT2D eigenvalue weighted by Crippen LogP contribution is 2.59. The normalized spacial score (nSPS) is 16.1. The van der Waals surface area contributed by atoms with Crippen molar-refractivity contribution in [3.8, 4) is 22.3 Å². The summed E-state index contributed by atoms with van der Waals surface area (Å²) in [5.41, 5.74) is 22.6. The molecule has 2 aliphatic carbocycles. The van der Waals surface area contributed by atoms with Crippen LogP contribution in [0.2, 0.25) is 0 Å². The van der Waals surface area contributed by atoms with E-state index in [2.05, 4.69) is 256 Å². The van der Waals surface area contributed by atoms with Gasteiger partial charge in [0.2, 0.25) is 0 Å². The lowest BCUT2D eigenvalue weighted by Crippen LogP contribution is -2.33. The molecule has 1 spiro atoms. The van der Waals surface area contributed by atoms with E-state index in [-0.39, 0.29) is 10.8 Å². The summed E-state index contributed by atoms with van der Waals surface area (Å²) in [5.74, 6) is 0.924. The van der Waals surface area contributed by atoms with E-state index in [0.29, 0.717) is 0 Å². The summed E-state index contributed by atoms with van der Waals surface area (Å²) in [6.45, 7) is 9.25. The topological polar surface area (TPSA) is 12.0 Å². The average Bonchev–Trinajstić information content (AvgIpc) is 3.86. The van der Waals surface area contributed by atoms with Crippen molar-refractivity contribution in [1.82, 2.24) is 0 Å². The van der Waals surface area contributed by atoms with E-state index in [9.17, 15) is 0 Å². The molecular weight excluding hydrogens is 839 g/mol. The zero-order valence-electron chi connectivity index (χ0n) is 38.6. The summed E-state index contributed by atoms with van der Waals surface area (Å²) in [5, 5.41) is 3.53. The van der Waals surface area contributed by atoms with E-state index >= 15 is 0 Å². The molecule has 68 heavy (non-hydrogen) atoms. The molecule has 1 heterocycles. The van der Waals surface area contributed by atoms with Crippen LogP contribution in [0.4, 0.5) is 11.4 Å². The number of fused-ring (bicyclic) bond motifs is 8. The van der Waals surface area contributed by atoms with Crippen molar-refractivity contribution in [3.63, 3.8) is 0 Å². The fourth-order valence-corrected chi connectivity index (χ4v) is 12.8. The largest absolute Gasteiger partial charge is 0.356 e. The first-order chi connectivity index (χ1) is 33.6. The minimum atomic E-state index is -0.296. The Morgan fingerprint density at radius 2 is 0.971 bits per heavy atom. The van der Waals surface area contributed by atoms with Gasteiger partial charge >= 0.3 is 0 Å². The number of benzene rings is 9. The molecule has 3 aliphatic rings. The molecule has 9 aromatic rings. The molecule has 0 amide bonds. The van der Waals surface area contributed by atoms with Gasteiger partial charge in [0.25, 0.3) is 0 Å². The summed E-state index contributed by atoms with van der Waals surface area (Å²) in [7, 11) is 0. The van der Waals surface area contributed by atoms with Gasteiger partial charge in [-0.25, -0.2) is 0 Å². The smallest absolute Gasteiger partial charge is 0.0713 e. The third-order valence-corrected chi connectivity index (χ3v) is 15.5. The second kappa shape index (κ2) is 18.2. The van der Waals surface area contributed by atoms with Crippen LogP contribution >= 0.6 is 11.8 Å². The maximum atomic E-state index is 4.82. The van der Waals surface area contributed by atoms with Crippen molar-refractivity contribution in [2.45, 2.75) is 36.0 Å². The van der Waals surface area contributed by atoms with Gasteiger partial charge in [-0.05, 0) is 133 Å². The Bertz CT molecular complexity index is 3280. The number of para-hydroxylation sites is 1. The van der Waals surface area contributed by atoms with Crippen LogP contribution in [0.3, 0.4) is 0 Å². The van der Waals surface area contributed by atoms with Crippen molar-refractivity contribution in [1.29, 1.82) is 0 Å². The van der Waals surface area contributed by atoms with Crippen molar-refractivity contribution >= 4 is 34.3 Å².